The number of hydrogen-bond donors (Lipinski definition) is 3. The number of nitrogens with one attached hydrogen (secondary N) is 2. The van der Waals surface area contributed by atoms with E-state index in [0.717, 1.165) is 42.8 Å². The molecule has 0 radical (unpaired) electrons. The van der Waals surface area contributed by atoms with E-state index in [9.17, 15) is 14.7 Å². The van der Waals surface area contributed by atoms with E-state index in [1.54, 1.807) is 24.5 Å². The standard InChI is InChI=1S/C25H30N6O3/c32-14-10-22-7-1-2-13-31(22)23-9-8-20(16-27-23)17-28-24(33)29-21-6-3-5-19(15-21)18-30-12-4-11-26-25(30)34/h3-6,8-9,11-12,15-16,22,32H,1-2,7,10,13-14,17-18H2,(H2,28,29,33). The monoisotopic (exact) mass is 462 g/mol. The number of carbonyl (C=O) groups is 1. The Labute approximate surface area is 198 Å². The van der Waals surface area contributed by atoms with Crippen LogP contribution in [0.15, 0.2) is 65.8 Å². The molecule has 0 saturated carbocycles. The maximum absolute atomic E-state index is 12.4. The molecule has 3 aromatic rings. The maximum Gasteiger partial charge on any atom is 0.347 e. The molecule has 178 valence electrons. The van der Waals surface area contributed by atoms with Crippen LogP contribution in [0.4, 0.5) is 16.3 Å². The molecule has 1 aliphatic rings. The van der Waals surface area contributed by atoms with Crippen LogP contribution in [0, 0.1) is 0 Å². The predicted octanol–water partition coefficient (Wildman–Crippen LogP) is 2.75. The number of hydrogen-bond acceptors (Lipinski definition) is 6. The molecule has 9 heteroatoms. The number of aliphatic hydroxyl groups excluding tert-OH is 1. The molecule has 1 saturated heterocycles. The number of aromatic nitrogens is 3. The Morgan fingerprint density at radius 1 is 1.12 bits per heavy atom. The van der Waals surface area contributed by atoms with Crippen molar-refractivity contribution in [3.8, 4) is 0 Å². The van der Waals surface area contributed by atoms with Gasteiger partial charge in [-0.2, -0.15) is 0 Å². The zero-order valence-electron chi connectivity index (χ0n) is 19.1. The summed E-state index contributed by atoms with van der Waals surface area (Å²) in [4.78, 5) is 34.8. The van der Waals surface area contributed by atoms with Crippen LogP contribution in [0.1, 0.15) is 36.8 Å². The number of anilines is 2. The van der Waals surface area contributed by atoms with Gasteiger partial charge in [-0.3, -0.25) is 4.57 Å². The molecule has 1 fully saturated rings. The Hall–Kier alpha value is -3.72. The van der Waals surface area contributed by atoms with Gasteiger partial charge < -0.3 is 20.6 Å². The third-order valence-electron chi connectivity index (χ3n) is 5.97. The molecule has 4 rings (SSSR count). The van der Waals surface area contributed by atoms with Crippen molar-refractivity contribution >= 4 is 17.5 Å². The zero-order chi connectivity index (χ0) is 23.8. The first-order chi connectivity index (χ1) is 16.6. The van der Waals surface area contributed by atoms with Crippen LogP contribution >= 0.6 is 0 Å². The second-order valence-corrected chi connectivity index (χ2v) is 8.42. The summed E-state index contributed by atoms with van der Waals surface area (Å²) in [5.74, 6) is 0.913. The lowest BCUT2D eigenvalue weighted by Crippen LogP contribution is -2.40. The van der Waals surface area contributed by atoms with Crippen LogP contribution < -0.4 is 21.2 Å². The van der Waals surface area contributed by atoms with Crippen LogP contribution in [0.25, 0.3) is 0 Å². The van der Waals surface area contributed by atoms with Crippen molar-refractivity contribution in [1.29, 1.82) is 0 Å². The van der Waals surface area contributed by atoms with Crippen LogP contribution in [0.5, 0.6) is 0 Å². The Morgan fingerprint density at radius 2 is 2.03 bits per heavy atom. The van der Waals surface area contributed by atoms with E-state index >= 15 is 0 Å². The van der Waals surface area contributed by atoms with Crippen molar-refractivity contribution in [2.75, 3.05) is 23.4 Å². The molecule has 1 unspecified atom stereocenters. The third kappa shape index (κ3) is 6.20. The van der Waals surface area contributed by atoms with Crippen molar-refractivity contribution in [1.82, 2.24) is 19.9 Å². The largest absolute Gasteiger partial charge is 0.396 e. The second-order valence-electron chi connectivity index (χ2n) is 8.42. The minimum Gasteiger partial charge on any atom is -0.396 e. The van der Waals surface area contributed by atoms with E-state index in [2.05, 4.69) is 25.5 Å². The number of urea groups is 1. The first-order valence-electron chi connectivity index (χ1n) is 11.6. The van der Waals surface area contributed by atoms with E-state index in [1.807, 2.05) is 30.3 Å². The van der Waals surface area contributed by atoms with E-state index < -0.39 is 0 Å². The fourth-order valence-corrected chi connectivity index (χ4v) is 4.25. The zero-order valence-corrected chi connectivity index (χ0v) is 19.1. The van der Waals surface area contributed by atoms with Crippen molar-refractivity contribution in [3.05, 3.63) is 82.7 Å². The lowest BCUT2D eigenvalue weighted by Gasteiger charge is -2.36. The SMILES string of the molecule is O=C(NCc1ccc(N2CCCCC2CCO)nc1)Nc1cccc(Cn2cccnc2=O)c1. The second kappa shape index (κ2) is 11.4. The lowest BCUT2D eigenvalue weighted by atomic mass is 9.99. The molecule has 1 atom stereocenters. The van der Waals surface area contributed by atoms with E-state index in [1.165, 1.54) is 17.2 Å². The van der Waals surface area contributed by atoms with Crippen molar-refractivity contribution in [2.24, 2.45) is 0 Å². The summed E-state index contributed by atoms with van der Waals surface area (Å²) < 4.78 is 1.51. The van der Waals surface area contributed by atoms with E-state index in [0.29, 0.717) is 24.8 Å². The summed E-state index contributed by atoms with van der Waals surface area (Å²) in [5, 5.41) is 15.0. The number of aliphatic hydroxyl groups is 1. The van der Waals surface area contributed by atoms with E-state index in [4.69, 9.17) is 0 Å². The Kier molecular flexibility index (Phi) is 7.87. The molecule has 3 heterocycles. The topological polar surface area (TPSA) is 112 Å². The minimum absolute atomic E-state index is 0.184. The summed E-state index contributed by atoms with van der Waals surface area (Å²) in [6.07, 6.45) is 9.07. The lowest BCUT2D eigenvalue weighted by molar-refractivity contribution is 0.251. The highest BCUT2D eigenvalue weighted by atomic mass is 16.3. The molecule has 1 aliphatic heterocycles. The Morgan fingerprint density at radius 3 is 2.82 bits per heavy atom. The van der Waals surface area contributed by atoms with Crippen LogP contribution in [-0.2, 0) is 13.1 Å². The Bertz CT molecular complexity index is 1150. The van der Waals surface area contributed by atoms with Crippen LogP contribution in [-0.4, -0.2) is 44.9 Å². The molecular formula is C25H30N6O3. The normalized spacial score (nSPS) is 15.7. The molecule has 0 spiro atoms. The van der Waals surface area contributed by atoms with Crippen LogP contribution in [0.2, 0.25) is 0 Å². The average molecular weight is 463 g/mol. The van der Waals surface area contributed by atoms with Gasteiger partial charge in [0.25, 0.3) is 0 Å². The van der Waals surface area contributed by atoms with Gasteiger partial charge in [-0.25, -0.2) is 19.6 Å². The van der Waals surface area contributed by atoms with Crippen molar-refractivity contribution in [2.45, 2.75) is 44.8 Å². The number of pyridine rings is 1. The number of amides is 2. The molecule has 1 aromatic carbocycles. The summed E-state index contributed by atoms with van der Waals surface area (Å²) in [5.41, 5.74) is 2.10. The van der Waals surface area contributed by atoms with Crippen molar-refractivity contribution in [3.63, 3.8) is 0 Å². The van der Waals surface area contributed by atoms with Crippen LogP contribution in [0.3, 0.4) is 0 Å². The van der Waals surface area contributed by atoms with Gasteiger partial charge in [0, 0.05) is 50.0 Å². The van der Waals surface area contributed by atoms with Gasteiger partial charge in [0.2, 0.25) is 0 Å². The average Bonchev–Trinajstić information content (AvgIpc) is 2.85. The highest BCUT2D eigenvalue weighted by Crippen LogP contribution is 2.25. The molecular weight excluding hydrogens is 432 g/mol. The van der Waals surface area contributed by atoms with Gasteiger partial charge in [-0.1, -0.05) is 18.2 Å². The number of benzene rings is 1. The molecule has 0 aliphatic carbocycles. The van der Waals surface area contributed by atoms with Gasteiger partial charge in [0.05, 0.1) is 6.54 Å². The van der Waals surface area contributed by atoms with Crippen molar-refractivity contribution < 1.29 is 9.90 Å². The van der Waals surface area contributed by atoms with Gasteiger partial charge in [-0.05, 0) is 61.1 Å². The molecule has 2 amide bonds. The summed E-state index contributed by atoms with van der Waals surface area (Å²) >= 11 is 0. The number of carbonyl (C=O) groups excluding carboxylic acids is 1. The molecule has 34 heavy (non-hydrogen) atoms. The first kappa shape index (κ1) is 23.4. The number of rotatable bonds is 8. The first-order valence-corrected chi connectivity index (χ1v) is 11.6. The maximum atomic E-state index is 12.4. The quantitative estimate of drug-likeness (QED) is 0.475. The smallest absolute Gasteiger partial charge is 0.347 e. The fraction of sp³-hybridized carbons (Fsp3) is 0.360. The van der Waals surface area contributed by atoms with Gasteiger partial charge >= 0.3 is 11.7 Å². The highest BCUT2D eigenvalue weighted by Gasteiger charge is 2.22. The van der Waals surface area contributed by atoms with Gasteiger partial charge in [-0.15, -0.1) is 0 Å². The highest BCUT2D eigenvalue weighted by molar-refractivity contribution is 5.89. The molecule has 9 nitrogen and oxygen atoms in total. The van der Waals surface area contributed by atoms with Gasteiger partial charge in [0.1, 0.15) is 5.82 Å². The molecule has 3 N–H and O–H groups in total. The van der Waals surface area contributed by atoms with Gasteiger partial charge in [0.15, 0.2) is 0 Å². The molecule has 2 aromatic heterocycles. The minimum atomic E-state index is -0.321. The predicted molar refractivity (Wildman–Crippen MR) is 131 cm³/mol. The summed E-state index contributed by atoms with van der Waals surface area (Å²) in [6.45, 7) is 1.86. The number of nitrogens with zero attached hydrogens (tertiary/aromatic N) is 4. The summed E-state index contributed by atoms with van der Waals surface area (Å²) in [7, 11) is 0. The Balaban J connectivity index is 1.30. The fourth-order valence-electron chi connectivity index (χ4n) is 4.25. The van der Waals surface area contributed by atoms with E-state index in [-0.39, 0.29) is 18.3 Å². The number of piperidine rings is 1. The molecule has 0 bridgehead atoms. The summed E-state index contributed by atoms with van der Waals surface area (Å²) in [6, 6.07) is 13.0. The third-order valence-corrected chi connectivity index (χ3v) is 5.97.